The van der Waals surface area contributed by atoms with Crippen LogP contribution in [0.15, 0.2) is 0 Å². The molecule has 3 nitrogen and oxygen atoms in total. The van der Waals surface area contributed by atoms with E-state index in [-0.39, 0.29) is 6.42 Å². The molecule has 0 aliphatic rings. The first-order valence-corrected chi connectivity index (χ1v) is 2.31. The van der Waals surface area contributed by atoms with Crippen LogP contribution in [-0.2, 0) is 4.79 Å². The molecular formula is C4H8FNO2. The van der Waals surface area contributed by atoms with Crippen molar-refractivity contribution >= 4 is 5.97 Å². The van der Waals surface area contributed by atoms with Gasteiger partial charge in [0.25, 0.3) is 0 Å². The van der Waals surface area contributed by atoms with E-state index in [9.17, 15) is 9.28 Å². The van der Waals surface area contributed by atoms with Crippen molar-refractivity contribution < 1.29 is 14.4 Å². The molecule has 0 amide bonds. The molecule has 0 fully saturated rings. The van der Waals surface area contributed by atoms with E-state index in [4.69, 9.17) is 5.11 Å². The Morgan fingerprint density at radius 1 is 2.00 bits per heavy atom. The molecule has 48 valence electrons. The average Bonchev–Trinajstić information content (AvgIpc) is 1.69. The van der Waals surface area contributed by atoms with Gasteiger partial charge >= 0.3 is 5.97 Å². The minimum absolute atomic E-state index is 0.256. The quantitative estimate of drug-likeness (QED) is 0.529. The highest BCUT2D eigenvalue weighted by molar-refractivity contribution is 5.73. The van der Waals surface area contributed by atoms with Crippen molar-refractivity contribution in [3.63, 3.8) is 0 Å². The molecule has 0 bridgehead atoms. The summed E-state index contributed by atoms with van der Waals surface area (Å²) in [5, 5.41) is 8.07. The maximum Gasteiger partial charge on any atom is 0.323 e. The fourth-order valence-electron chi connectivity index (χ4n) is 0.298. The summed E-state index contributed by atoms with van der Waals surface area (Å²) < 4.78 is 11.3. The van der Waals surface area contributed by atoms with E-state index >= 15 is 0 Å². The molecule has 1 atom stereocenters. The molecule has 0 heterocycles. The summed E-state index contributed by atoms with van der Waals surface area (Å²) in [7, 11) is 0. The van der Waals surface area contributed by atoms with Gasteiger partial charge in [-0.1, -0.05) is 6.92 Å². The third kappa shape index (κ3) is 1.88. The molecule has 0 aliphatic heterocycles. The van der Waals surface area contributed by atoms with Crippen LogP contribution in [0.5, 0.6) is 0 Å². The molecule has 0 aromatic carbocycles. The van der Waals surface area contributed by atoms with E-state index in [1.165, 1.54) is 0 Å². The molecule has 0 radical (unpaired) electrons. The number of hydrogen-bond donors (Lipinski definition) is 2. The zero-order valence-corrected chi connectivity index (χ0v) is 4.52. The summed E-state index contributed by atoms with van der Waals surface area (Å²) in [6, 6.07) is -1.05. The maximum atomic E-state index is 11.3. The largest absolute Gasteiger partial charge is 0.480 e. The lowest BCUT2D eigenvalue weighted by molar-refractivity contribution is -0.140. The summed E-state index contributed by atoms with van der Waals surface area (Å²) in [6.45, 7) is 1.59. The van der Waals surface area contributed by atoms with Gasteiger partial charge in [0.15, 0.2) is 0 Å². The van der Waals surface area contributed by atoms with Gasteiger partial charge in [-0.15, -0.1) is 10.0 Å². The van der Waals surface area contributed by atoms with Crippen molar-refractivity contribution in [2.45, 2.75) is 19.4 Å². The first-order chi connectivity index (χ1) is 3.72. The monoisotopic (exact) mass is 121 g/mol. The van der Waals surface area contributed by atoms with Crippen molar-refractivity contribution in [2.75, 3.05) is 0 Å². The number of carboxylic acid groups (broad SMARTS) is 1. The standard InChI is InChI=1S/C4H8FNO2/c1-2-3(6-5)4(7)8/h3,6H,2H2,1H3,(H,7,8)/t3-/m0/s1. The summed E-state index contributed by atoms with van der Waals surface area (Å²) in [5.41, 5.74) is 1.15. The van der Waals surface area contributed by atoms with E-state index in [1.807, 2.05) is 0 Å². The van der Waals surface area contributed by atoms with Crippen molar-refractivity contribution in [3.05, 3.63) is 0 Å². The molecule has 4 heteroatoms. The number of halogens is 1. The van der Waals surface area contributed by atoms with Crippen molar-refractivity contribution in [1.82, 2.24) is 5.54 Å². The Bertz CT molecular complexity index is 82.1. The molecule has 0 aromatic heterocycles. The molecule has 0 aliphatic carbocycles. The van der Waals surface area contributed by atoms with Gasteiger partial charge in [0.05, 0.1) is 0 Å². The summed E-state index contributed by atoms with van der Waals surface area (Å²) >= 11 is 0. The molecule has 0 saturated heterocycles. The molecule has 0 unspecified atom stereocenters. The van der Waals surface area contributed by atoms with Crippen molar-refractivity contribution in [2.24, 2.45) is 0 Å². The van der Waals surface area contributed by atoms with Crippen LogP contribution in [0, 0.1) is 0 Å². The lowest BCUT2D eigenvalue weighted by Gasteiger charge is -2.01. The molecule has 0 saturated carbocycles. The lowest BCUT2D eigenvalue weighted by atomic mass is 10.2. The predicted octanol–water partition coefficient (Wildman–Crippen LogP) is 0.324. The highest BCUT2D eigenvalue weighted by atomic mass is 19.2. The SMILES string of the molecule is CC[C@H](NF)C(=O)O. The van der Waals surface area contributed by atoms with Crippen LogP contribution >= 0.6 is 0 Å². The van der Waals surface area contributed by atoms with Crippen LogP contribution < -0.4 is 5.54 Å². The first kappa shape index (κ1) is 7.36. The highest BCUT2D eigenvalue weighted by Crippen LogP contribution is 1.88. The normalized spacial score (nSPS) is 13.2. The zero-order valence-electron chi connectivity index (χ0n) is 4.52. The fraction of sp³-hybridized carbons (Fsp3) is 0.750. The Morgan fingerprint density at radius 2 is 2.50 bits per heavy atom. The van der Waals surface area contributed by atoms with Crippen LogP contribution in [0.2, 0.25) is 0 Å². The smallest absolute Gasteiger partial charge is 0.323 e. The van der Waals surface area contributed by atoms with Gasteiger partial charge < -0.3 is 5.11 Å². The summed E-state index contributed by atoms with van der Waals surface area (Å²) in [5.74, 6) is -1.16. The van der Waals surface area contributed by atoms with E-state index in [0.717, 1.165) is 5.54 Å². The Balaban J connectivity index is 3.52. The first-order valence-electron chi connectivity index (χ1n) is 2.31. The van der Waals surface area contributed by atoms with Gasteiger partial charge in [-0.3, -0.25) is 4.79 Å². The topological polar surface area (TPSA) is 49.3 Å². The van der Waals surface area contributed by atoms with E-state index in [1.54, 1.807) is 6.92 Å². The third-order valence-electron chi connectivity index (χ3n) is 0.838. The minimum atomic E-state index is -1.16. The number of hydrogen-bond acceptors (Lipinski definition) is 2. The average molecular weight is 121 g/mol. The number of aliphatic carboxylic acids is 1. The van der Waals surface area contributed by atoms with Gasteiger partial charge in [-0.2, -0.15) is 0 Å². The molecular weight excluding hydrogens is 113 g/mol. The van der Waals surface area contributed by atoms with Gasteiger partial charge in [0, 0.05) is 0 Å². The Kier molecular flexibility index (Phi) is 3.10. The van der Waals surface area contributed by atoms with Crippen LogP contribution in [0.1, 0.15) is 13.3 Å². The lowest BCUT2D eigenvalue weighted by Crippen LogP contribution is -2.29. The second kappa shape index (κ2) is 3.37. The van der Waals surface area contributed by atoms with E-state index in [0.29, 0.717) is 0 Å². The minimum Gasteiger partial charge on any atom is -0.480 e. The van der Waals surface area contributed by atoms with Crippen LogP contribution in [0.4, 0.5) is 4.48 Å². The summed E-state index contributed by atoms with van der Waals surface area (Å²) in [6.07, 6.45) is 0.256. The number of carbonyl (C=O) groups is 1. The third-order valence-corrected chi connectivity index (χ3v) is 0.838. The van der Waals surface area contributed by atoms with Gasteiger partial charge in [-0.05, 0) is 6.42 Å². The molecule has 2 N–H and O–H groups in total. The van der Waals surface area contributed by atoms with Crippen molar-refractivity contribution in [1.29, 1.82) is 0 Å². The Labute approximate surface area is 46.4 Å². The second-order valence-electron chi connectivity index (χ2n) is 1.41. The van der Waals surface area contributed by atoms with Gasteiger partial charge in [0.1, 0.15) is 6.04 Å². The van der Waals surface area contributed by atoms with Crippen LogP contribution in [-0.4, -0.2) is 17.1 Å². The van der Waals surface area contributed by atoms with Gasteiger partial charge in [0.2, 0.25) is 0 Å². The second-order valence-corrected chi connectivity index (χ2v) is 1.41. The molecule has 0 spiro atoms. The zero-order chi connectivity index (χ0) is 6.57. The number of carboxylic acids is 1. The molecule has 8 heavy (non-hydrogen) atoms. The van der Waals surface area contributed by atoms with Crippen LogP contribution in [0.25, 0.3) is 0 Å². The predicted molar refractivity (Wildman–Crippen MR) is 26.0 cm³/mol. The number of nitrogens with one attached hydrogen (secondary N) is 1. The van der Waals surface area contributed by atoms with E-state index in [2.05, 4.69) is 0 Å². The number of rotatable bonds is 3. The van der Waals surface area contributed by atoms with Crippen molar-refractivity contribution in [3.8, 4) is 0 Å². The highest BCUT2D eigenvalue weighted by Gasteiger charge is 2.12. The Morgan fingerprint density at radius 3 is 2.50 bits per heavy atom. The molecule has 0 aromatic rings. The molecule has 0 rings (SSSR count). The Hall–Kier alpha value is -0.640. The fourth-order valence-corrected chi connectivity index (χ4v) is 0.298. The van der Waals surface area contributed by atoms with E-state index < -0.39 is 12.0 Å². The van der Waals surface area contributed by atoms with Gasteiger partial charge in [-0.25, -0.2) is 0 Å². The maximum absolute atomic E-state index is 11.3. The summed E-state index contributed by atoms with van der Waals surface area (Å²) in [4.78, 5) is 9.86. The van der Waals surface area contributed by atoms with Crippen LogP contribution in [0.3, 0.4) is 0 Å².